The number of carbonyl (C=O) groups excluding carboxylic acids is 2. The van der Waals surface area contributed by atoms with Gasteiger partial charge in [0.25, 0.3) is 5.91 Å². The normalized spacial score (nSPS) is 9.96. The lowest BCUT2D eigenvalue weighted by Gasteiger charge is -2.13. The molecule has 6 nitrogen and oxygen atoms in total. The van der Waals surface area contributed by atoms with Crippen molar-refractivity contribution in [2.24, 2.45) is 0 Å². The Kier molecular flexibility index (Phi) is 5.78. The molecule has 0 unspecified atom stereocenters. The van der Waals surface area contributed by atoms with Gasteiger partial charge in [0.15, 0.2) is 18.1 Å². The molecule has 0 bridgehead atoms. The molecule has 126 valence electrons. The number of ether oxygens (including phenoxy) is 3. The second-order valence-corrected chi connectivity index (χ2v) is 5.07. The van der Waals surface area contributed by atoms with E-state index in [4.69, 9.17) is 14.2 Å². The van der Waals surface area contributed by atoms with E-state index in [1.807, 2.05) is 19.1 Å². The molecular weight excluding hydrogens is 310 g/mol. The Bertz CT molecular complexity index is 742. The molecular formula is C18H19NO5. The van der Waals surface area contributed by atoms with Gasteiger partial charge in [-0.1, -0.05) is 6.07 Å². The third kappa shape index (κ3) is 4.25. The number of anilines is 1. The molecule has 1 amide bonds. The number of methoxy groups -OCH3 is 2. The summed E-state index contributed by atoms with van der Waals surface area (Å²) in [5.41, 5.74) is 2.04. The molecule has 0 heterocycles. The third-order valence-electron chi connectivity index (χ3n) is 3.31. The van der Waals surface area contributed by atoms with Crippen molar-refractivity contribution >= 4 is 17.9 Å². The van der Waals surface area contributed by atoms with E-state index in [-0.39, 0.29) is 12.5 Å². The molecule has 0 aliphatic heterocycles. The van der Waals surface area contributed by atoms with E-state index in [1.54, 1.807) is 24.3 Å². The van der Waals surface area contributed by atoms with Crippen molar-refractivity contribution in [2.75, 3.05) is 26.1 Å². The maximum atomic E-state index is 12.1. The summed E-state index contributed by atoms with van der Waals surface area (Å²) in [6.07, 6.45) is 0.711. The van der Waals surface area contributed by atoms with Gasteiger partial charge in [0.2, 0.25) is 0 Å². The minimum atomic E-state index is -0.333. The van der Waals surface area contributed by atoms with Gasteiger partial charge in [-0.3, -0.25) is 9.59 Å². The first kappa shape index (κ1) is 17.3. The number of aldehydes is 1. The molecule has 0 aromatic heterocycles. The van der Waals surface area contributed by atoms with Crippen molar-refractivity contribution in [1.82, 2.24) is 0 Å². The van der Waals surface area contributed by atoms with Crippen LogP contribution in [0.15, 0.2) is 36.4 Å². The van der Waals surface area contributed by atoms with Gasteiger partial charge < -0.3 is 19.5 Å². The number of rotatable bonds is 7. The molecule has 24 heavy (non-hydrogen) atoms. The maximum absolute atomic E-state index is 12.1. The fourth-order valence-electron chi connectivity index (χ4n) is 2.13. The van der Waals surface area contributed by atoms with Gasteiger partial charge >= 0.3 is 0 Å². The number of nitrogens with one attached hydrogen (secondary N) is 1. The number of amides is 1. The van der Waals surface area contributed by atoms with Gasteiger partial charge in [-0.25, -0.2) is 0 Å². The first-order valence-corrected chi connectivity index (χ1v) is 7.28. The Labute approximate surface area is 140 Å². The lowest BCUT2D eigenvalue weighted by Crippen LogP contribution is -2.20. The molecule has 0 aliphatic rings. The quantitative estimate of drug-likeness (QED) is 0.791. The molecule has 0 atom stereocenters. The highest BCUT2D eigenvalue weighted by Gasteiger charge is 2.11. The van der Waals surface area contributed by atoms with Crippen molar-refractivity contribution < 1.29 is 23.8 Å². The Morgan fingerprint density at radius 1 is 1.04 bits per heavy atom. The first-order valence-electron chi connectivity index (χ1n) is 7.28. The maximum Gasteiger partial charge on any atom is 0.262 e. The minimum absolute atomic E-state index is 0.201. The summed E-state index contributed by atoms with van der Waals surface area (Å²) >= 11 is 0. The average Bonchev–Trinajstić information content (AvgIpc) is 2.60. The topological polar surface area (TPSA) is 73.9 Å². The van der Waals surface area contributed by atoms with Crippen LogP contribution in [-0.4, -0.2) is 33.0 Å². The van der Waals surface area contributed by atoms with Crippen LogP contribution in [0.5, 0.6) is 17.2 Å². The second kappa shape index (κ2) is 8.01. The van der Waals surface area contributed by atoms with Gasteiger partial charge in [0, 0.05) is 5.56 Å². The SMILES string of the molecule is COc1ccc(C)cc1NC(=O)COc1ccc(C=O)cc1OC. The molecule has 2 aromatic carbocycles. The zero-order chi connectivity index (χ0) is 17.5. The van der Waals surface area contributed by atoms with E-state index in [1.165, 1.54) is 14.2 Å². The van der Waals surface area contributed by atoms with Gasteiger partial charge in [-0.15, -0.1) is 0 Å². The highest BCUT2D eigenvalue weighted by molar-refractivity contribution is 5.93. The number of hydrogen-bond donors (Lipinski definition) is 1. The number of carbonyl (C=O) groups is 2. The molecule has 0 radical (unpaired) electrons. The predicted molar refractivity (Wildman–Crippen MR) is 90.2 cm³/mol. The fraction of sp³-hybridized carbons (Fsp3) is 0.222. The summed E-state index contributed by atoms with van der Waals surface area (Å²) < 4.78 is 15.8. The Balaban J connectivity index is 2.04. The lowest BCUT2D eigenvalue weighted by molar-refractivity contribution is -0.118. The molecule has 0 spiro atoms. The van der Waals surface area contributed by atoms with Crippen molar-refractivity contribution in [3.8, 4) is 17.2 Å². The standard InChI is InChI=1S/C18H19NO5/c1-12-4-6-15(22-2)14(8-12)19-18(21)11-24-16-7-5-13(10-20)9-17(16)23-3/h4-10H,11H2,1-3H3,(H,19,21). The van der Waals surface area contributed by atoms with E-state index < -0.39 is 0 Å². The number of hydrogen-bond acceptors (Lipinski definition) is 5. The van der Waals surface area contributed by atoms with Crippen LogP contribution in [0.3, 0.4) is 0 Å². The van der Waals surface area contributed by atoms with E-state index in [0.29, 0.717) is 34.8 Å². The Morgan fingerprint density at radius 2 is 1.75 bits per heavy atom. The van der Waals surface area contributed by atoms with Crippen molar-refractivity contribution in [2.45, 2.75) is 6.92 Å². The van der Waals surface area contributed by atoms with Gasteiger partial charge in [-0.2, -0.15) is 0 Å². The summed E-state index contributed by atoms with van der Waals surface area (Å²) in [4.78, 5) is 22.9. The average molecular weight is 329 g/mol. The fourth-order valence-corrected chi connectivity index (χ4v) is 2.13. The molecule has 0 fully saturated rings. The smallest absolute Gasteiger partial charge is 0.262 e. The molecule has 2 rings (SSSR count). The van der Waals surface area contributed by atoms with Crippen molar-refractivity contribution in [3.05, 3.63) is 47.5 Å². The van der Waals surface area contributed by atoms with Crippen LogP contribution in [0.4, 0.5) is 5.69 Å². The summed E-state index contributed by atoms with van der Waals surface area (Å²) in [6, 6.07) is 10.2. The zero-order valence-electron chi connectivity index (χ0n) is 13.8. The molecule has 0 saturated carbocycles. The highest BCUT2D eigenvalue weighted by atomic mass is 16.5. The second-order valence-electron chi connectivity index (χ2n) is 5.07. The number of benzene rings is 2. The third-order valence-corrected chi connectivity index (χ3v) is 3.31. The van der Waals surface area contributed by atoms with E-state index in [2.05, 4.69) is 5.32 Å². The molecule has 2 aromatic rings. The Hall–Kier alpha value is -3.02. The van der Waals surface area contributed by atoms with Crippen molar-refractivity contribution in [3.63, 3.8) is 0 Å². The van der Waals surface area contributed by atoms with Crippen LogP contribution in [-0.2, 0) is 4.79 Å². The molecule has 1 N–H and O–H groups in total. The van der Waals surface area contributed by atoms with Crippen LogP contribution in [0.1, 0.15) is 15.9 Å². The van der Waals surface area contributed by atoms with Gasteiger partial charge in [-0.05, 0) is 42.8 Å². The van der Waals surface area contributed by atoms with Crippen molar-refractivity contribution in [1.29, 1.82) is 0 Å². The Morgan fingerprint density at radius 3 is 2.42 bits per heavy atom. The van der Waals surface area contributed by atoms with Crippen LogP contribution < -0.4 is 19.5 Å². The van der Waals surface area contributed by atoms with Gasteiger partial charge in [0.05, 0.1) is 19.9 Å². The van der Waals surface area contributed by atoms with Crippen LogP contribution in [0.25, 0.3) is 0 Å². The summed E-state index contributed by atoms with van der Waals surface area (Å²) in [6.45, 7) is 1.72. The van der Waals surface area contributed by atoms with Crippen LogP contribution in [0.2, 0.25) is 0 Å². The zero-order valence-corrected chi connectivity index (χ0v) is 13.8. The first-order chi connectivity index (χ1) is 11.6. The minimum Gasteiger partial charge on any atom is -0.495 e. The van der Waals surface area contributed by atoms with Crippen LogP contribution >= 0.6 is 0 Å². The van der Waals surface area contributed by atoms with Gasteiger partial charge in [0.1, 0.15) is 12.0 Å². The van der Waals surface area contributed by atoms with E-state index in [0.717, 1.165) is 5.56 Å². The monoisotopic (exact) mass is 329 g/mol. The van der Waals surface area contributed by atoms with E-state index in [9.17, 15) is 9.59 Å². The number of aryl methyl sites for hydroxylation is 1. The summed E-state index contributed by atoms with van der Waals surface area (Å²) in [5, 5.41) is 2.75. The molecule has 6 heteroatoms. The summed E-state index contributed by atoms with van der Waals surface area (Å²) in [7, 11) is 3.00. The summed E-state index contributed by atoms with van der Waals surface area (Å²) in [5.74, 6) is 1.01. The van der Waals surface area contributed by atoms with Crippen LogP contribution in [0, 0.1) is 6.92 Å². The molecule has 0 aliphatic carbocycles. The highest BCUT2D eigenvalue weighted by Crippen LogP contribution is 2.28. The lowest BCUT2D eigenvalue weighted by atomic mass is 10.2. The molecule has 0 saturated heterocycles. The van der Waals surface area contributed by atoms with E-state index >= 15 is 0 Å². The largest absolute Gasteiger partial charge is 0.495 e. The predicted octanol–water partition coefficient (Wildman–Crippen LogP) is 2.84.